The molecule has 3 nitrogen and oxygen atoms in total. The van der Waals surface area contributed by atoms with Crippen LogP contribution in [0, 0.1) is 5.82 Å². The summed E-state index contributed by atoms with van der Waals surface area (Å²) in [6, 6.07) is 2.60. The van der Waals surface area contributed by atoms with Gasteiger partial charge in [-0.2, -0.15) is 0 Å². The van der Waals surface area contributed by atoms with Crippen molar-refractivity contribution in [3.05, 3.63) is 28.9 Å². The van der Waals surface area contributed by atoms with Crippen molar-refractivity contribution in [1.82, 2.24) is 10.3 Å². The number of fused-ring (bicyclic) bond motifs is 1. The number of rotatable bonds is 1. The van der Waals surface area contributed by atoms with Crippen LogP contribution in [0.25, 0.3) is 11.1 Å². The van der Waals surface area contributed by atoms with Crippen molar-refractivity contribution in [2.24, 2.45) is 0 Å². The van der Waals surface area contributed by atoms with Gasteiger partial charge in [0.2, 0.25) is 0 Å². The molecule has 1 saturated heterocycles. The van der Waals surface area contributed by atoms with Crippen molar-refractivity contribution in [3.8, 4) is 0 Å². The fourth-order valence-electron chi connectivity index (χ4n) is 2.21. The highest BCUT2D eigenvalue weighted by Gasteiger charge is 2.21. The zero-order valence-electron chi connectivity index (χ0n) is 9.17. The third kappa shape index (κ3) is 2.03. The standard InChI is InChI=1S/C12H12ClFN2O/c13-9-4-8(14)5-10-11(9)17-12(16-10)7-2-1-3-15-6-7/h4-5,7,15H,1-3,6H2. The first-order valence-corrected chi connectivity index (χ1v) is 6.08. The third-order valence-corrected chi connectivity index (χ3v) is 3.35. The number of halogens is 2. The Hall–Kier alpha value is -1.13. The van der Waals surface area contributed by atoms with Gasteiger partial charge in [-0.05, 0) is 25.5 Å². The summed E-state index contributed by atoms with van der Waals surface area (Å²) in [5.41, 5.74) is 0.976. The molecule has 1 atom stereocenters. The summed E-state index contributed by atoms with van der Waals surface area (Å²) >= 11 is 5.93. The number of hydrogen-bond acceptors (Lipinski definition) is 3. The lowest BCUT2D eigenvalue weighted by Gasteiger charge is -2.19. The van der Waals surface area contributed by atoms with Gasteiger partial charge in [-0.15, -0.1) is 0 Å². The molecule has 0 amide bonds. The normalized spacial score (nSPS) is 20.9. The van der Waals surface area contributed by atoms with Crippen molar-refractivity contribution < 1.29 is 8.81 Å². The molecule has 0 radical (unpaired) electrons. The van der Waals surface area contributed by atoms with Crippen LogP contribution in [0.1, 0.15) is 24.7 Å². The molecule has 1 fully saturated rings. The Kier molecular flexibility index (Phi) is 2.76. The molecule has 90 valence electrons. The fraction of sp³-hybridized carbons (Fsp3) is 0.417. The van der Waals surface area contributed by atoms with Crippen molar-refractivity contribution >= 4 is 22.7 Å². The van der Waals surface area contributed by atoms with Crippen molar-refractivity contribution in [2.75, 3.05) is 13.1 Å². The van der Waals surface area contributed by atoms with E-state index in [0.717, 1.165) is 25.9 Å². The van der Waals surface area contributed by atoms with Gasteiger partial charge in [0.1, 0.15) is 11.3 Å². The molecule has 5 heteroatoms. The van der Waals surface area contributed by atoms with E-state index >= 15 is 0 Å². The molecule has 0 aliphatic carbocycles. The Morgan fingerprint density at radius 2 is 2.35 bits per heavy atom. The molecule has 3 rings (SSSR count). The monoisotopic (exact) mass is 254 g/mol. The minimum absolute atomic E-state index is 0.260. The van der Waals surface area contributed by atoms with Crippen LogP contribution >= 0.6 is 11.6 Å². The predicted molar refractivity (Wildman–Crippen MR) is 63.8 cm³/mol. The van der Waals surface area contributed by atoms with Crippen LogP contribution in [0.15, 0.2) is 16.5 Å². The predicted octanol–water partition coefficient (Wildman–Crippen LogP) is 3.09. The van der Waals surface area contributed by atoms with Gasteiger partial charge in [0.25, 0.3) is 0 Å². The van der Waals surface area contributed by atoms with Crippen LogP contribution in [0.5, 0.6) is 0 Å². The molecule has 1 aliphatic rings. The first-order valence-electron chi connectivity index (χ1n) is 5.70. The largest absolute Gasteiger partial charge is 0.439 e. The lowest BCUT2D eigenvalue weighted by molar-refractivity contribution is 0.387. The van der Waals surface area contributed by atoms with E-state index in [1.165, 1.54) is 12.1 Å². The number of oxazole rings is 1. The van der Waals surface area contributed by atoms with Crippen LogP contribution < -0.4 is 5.32 Å². The van der Waals surface area contributed by atoms with Crippen molar-refractivity contribution in [1.29, 1.82) is 0 Å². The highest BCUT2D eigenvalue weighted by atomic mass is 35.5. The van der Waals surface area contributed by atoms with Crippen LogP contribution in [-0.4, -0.2) is 18.1 Å². The zero-order chi connectivity index (χ0) is 11.8. The Balaban J connectivity index is 2.03. The summed E-state index contributed by atoms with van der Waals surface area (Å²) in [6.07, 6.45) is 2.14. The molecule has 2 heterocycles. The van der Waals surface area contributed by atoms with Gasteiger partial charge in [0.05, 0.1) is 5.02 Å². The highest BCUT2D eigenvalue weighted by molar-refractivity contribution is 6.34. The summed E-state index contributed by atoms with van der Waals surface area (Å²) < 4.78 is 18.8. The summed E-state index contributed by atoms with van der Waals surface area (Å²) in [7, 11) is 0. The zero-order valence-corrected chi connectivity index (χ0v) is 9.93. The SMILES string of the molecule is Fc1cc(Cl)c2oc(C3CCCNC3)nc2c1. The molecule has 1 aliphatic heterocycles. The van der Waals surface area contributed by atoms with E-state index in [-0.39, 0.29) is 16.8 Å². The number of nitrogens with one attached hydrogen (secondary N) is 1. The first-order chi connectivity index (χ1) is 8.24. The highest BCUT2D eigenvalue weighted by Crippen LogP contribution is 2.30. The summed E-state index contributed by atoms with van der Waals surface area (Å²) in [6.45, 7) is 1.89. The third-order valence-electron chi connectivity index (χ3n) is 3.07. The van der Waals surface area contributed by atoms with E-state index in [1.54, 1.807) is 0 Å². The minimum Gasteiger partial charge on any atom is -0.439 e. The number of hydrogen-bond donors (Lipinski definition) is 1. The average molecular weight is 255 g/mol. The number of benzene rings is 1. The van der Waals surface area contributed by atoms with Gasteiger partial charge in [-0.3, -0.25) is 0 Å². The van der Waals surface area contributed by atoms with E-state index in [1.807, 2.05) is 0 Å². The molecule has 0 bridgehead atoms. The van der Waals surface area contributed by atoms with Gasteiger partial charge < -0.3 is 9.73 Å². The molecule has 0 saturated carbocycles. The van der Waals surface area contributed by atoms with Crippen molar-refractivity contribution in [3.63, 3.8) is 0 Å². The summed E-state index contributed by atoms with van der Waals surface area (Å²) in [4.78, 5) is 4.33. The fourth-order valence-corrected chi connectivity index (χ4v) is 2.45. The van der Waals surface area contributed by atoms with E-state index < -0.39 is 0 Å². The molecule has 1 N–H and O–H groups in total. The summed E-state index contributed by atoms with van der Waals surface area (Å²) in [5.74, 6) is 0.527. The molecular weight excluding hydrogens is 243 g/mol. The lowest BCUT2D eigenvalue weighted by Crippen LogP contribution is -2.28. The molecule has 2 aromatic rings. The quantitative estimate of drug-likeness (QED) is 0.850. The lowest BCUT2D eigenvalue weighted by atomic mass is 10.00. The molecule has 1 aromatic carbocycles. The average Bonchev–Trinajstić information content (AvgIpc) is 2.74. The molecule has 1 unspecified atom stereocenters. The molecule has 17 heavy (non-hydrogen) atoms. The maximum atomic E-state index is 13.2. The number of piperidine rings is 1. The number of nitrogens with zero attached hydrogens (tertiary/aromatic N) is 1. The maximum absolute atomic E-state index is 13.2. The topological polar surface area (TPSA) is 38.1 Å². The van der Waals surface area contributed by atoms with Gasteiger partial charge in [-0.25, -0.2) is 9.37 Å². The second-order valence-electron chi connectivity index (χ2n) is 4.33. The molecule has 0 spiro atoms. The Morgan fingerprint density at radius 3 is 3.12 bits per heavy atom. The second-order valence-corrected chi connectivity index (χ2v) is 4.74. The van der Waals surface area contributed by atoms with E-state index in [9.17, 15) is 4.39 Å². The number of aromatic nitrogens is 1. The maximum Gasteiger partial charge on any atom is 0.199 e. The van der Waals surface area contributed by atoms with Gasteiger partial charge in [-0.1, -0.05) is 11.6 Å². The van der Waals surface area contributed by atoms with Gasteiger partial charge in [0, 0.05) is 18.5 Å². The van der Waals surface area contributed by atoms with E-state index in [4.69, 9.17) is 16.0 Å². The van der Waals surface area contributed by atoms with Gasteiger partial charge >= 0.3 is 0 Å². The smallest absolute Gasteiger partial charge is 0.199 e. The van der Waals surface area contributed by atoms with Crippen LogP contribution in [0.2, 0.25) is 5.02 Å². The van der Waals surface area contributed by atoms with E-state index in [2.05, 4.69) is 10.3 Å². The Bertz CT molecular complexity index is 549. The Morgan fingerprint density at radius 1 is 1.47 bits per heavy atom. The van der Waals surface area contributed by atoms with Crippen LogP contribution in [-0.2, 0) is 0 Å². The first kappa shape index (κ1) is 11.0. The van der Waals surface area contributed by atoms with Crippen LogP contribution in [0.3, 0.4) is 0 Å². The van der Waals surface area contributed by atoms with Crippen molar-refractivity contribution in [2.45, 2.75) is 18.8 Å². The molecular formula is C12H12ClFN2O. The Labute approximate surface area is 103 Å². The second kappa shape index (κ2) is 4.27. The summed E-state index contributed by atoms with van der Waals surface area (Å²) in [5, 5.41) is 3.58. The molecule has 1 aromatic heterocycles. The van der Waals surface area contributed by atoms with E-state index in [0.29, 0.717) is 17.0 Å². The van der Waals surface area contributed by atoms with Gasteiger partial charge in [0.15, 0.2) is 11.5 Å². The minimum atomic E-state index is -0.385. The van der Waals surface area contributed by atoms with Crippen LogP contribution in [0.4, 0.5) is 4.39 Å².